The Morgan fingerprint density at radius 2 is 1.87 bits per heavy atom. The first kappa shape index (κ1) is 15.8. The number of hydrogen-bond acceptors (Lipinski definition) is 2. The summed E-state index contributed by atoms with van der Waals surface area (Å²) in [5, 5.41) is 12.0. The summed E-state index contributed by atoms with van der Waals surface area (Å²) >= 11 is 0. The first-order valence-electron chi connectivity index (χ1n) is 8.33. The van der Waals surface area contributed by atoms with E-state index in [-0.39, 0.29) is 23.5 Å². The van der Waals surface area contributed by atoms with Crippen molar-refractivity contribution < 1.29 is 14.7 Å². The van der Waals surface area contributed by atoms with E-state index in [1.807, 2.05) is 6.07 Å². The molecule has 3 rings (SSSR count). The number of amides is 2. The number of urea groups is 1. The Kier molecular flexibility index (Phi) is 4.04. The molecule has 1 saturated carbocycles. The molecule has 1 aliphatic carbocycles. The monoisotopic (exact) mass is 316 g/mol. The number of carbonyl (C=O) groups is 2. The van der Waals surface area contributed by atoms with Gasteiger partial charge in [-0.25, -0.2) is 4.79 Å². The van der Waals surface area contributed by atoms with Crippen molar-refractivity contribution in [2.75, 3.05) is 13.1 Å². The van der Waals surface area contributed by atoms with Crippen LogP contribution in [0, 0.1) is 0 Å². The number of carboxylic acid groups (broad SMARTS) is 1. The van der Waals surface area contributed by atoms with Crippen LogP contribution in [0.3, 0.4) is 0 Å². The lowest BCUT2D eigenvalue weighted by atomic mass is 9.63. The highest BCUT2D eigenvalue weighted by molar-refractivity contribution is 5.82. The fourth-order valence-corrected chi connectivity index (χ4v) is 4.20. The van der Waals surface area contributed by atoms with Crippen molar-refractivity contribution in [2.45, 2.75) is 50.0 Å². The van der Waals surface area contributed by atoms with Crippen LogP contribution in [0.15, 0.2) is 30.3 Å². The van der Waals surface area contributed by atoms with Gasteiger partial charge in [0.25, 0.3) is 0 Å². The Bertz CT molecular complexity index is 592. The van der Waals surface area contributed by atoms with Crippen LogP contribution >= 0.6 is 0 Å². The van der Waals surface area contributed by atoms with E-state index < -0.39 is 5.97 Å². The van der Waals surface area contributed by atoms with E-state index in [1.165, 1.54) is 10.5 Å². The average Bonchev–Trinajstić information content (AvgIpc) is 2.84. The fraction of sp³-hybridized carbons (Fsp3) is 0.556. The highest BCUT2D eigenvalue weighted by atomic mass is 16.4. The Balaban J connectivity index is 1.73. The highest BCUT2D eigenvalue weighted by Crippen LogP contribution is 2.46. The molecule has 23 heavy (non-hydrogen) atoms. The van der Waals surface area contributed by atoms with Crippen molar-refractivity contribution in [1.82, 2.24) is 10.2 Å². The molecule has 1 aromatic carbocycles. The second kappa shape index (κ2) is 5.87. The van der Waals surface area contributed by atoms with Crippen molar-refractivity contribution in [3.8, 4) is 0 Å². The Morgan fingerprint density at radius 1 is 1.22 bits per heavy atom. The van der Waals surface area contributed by atoms with Crippen LogP contribution in [-0.4, -0.2) is 40.6 Å². The van der Waals surface area contributed by atoms with Gasteiger partial charge in [-0.1, -0.05) is 37.3 Å². The standard InChI is InChI=1S/C18H24N2O3/c1-2-17(14-6-4-3-5-7-14)8-10-18(11-9-17)13-20(12-15(21)22)16(23)19-18/h3-7H,2,8-13H2,1H3,(H,19,23)(H,21,22). The smallest absolute Gasteiger partial charge is 0.323 e. The van der Waals surface area contributed by atoms with E-state index in [1.54, 1.807) is 0 Å². The molecule has 2 fully saturated rings. The quantitative estimate of drug-likeness (QED) is 0.897. The molecule has 1 aliphatic heterocycles. The first-order valence-corrected chi connectivity index (χ1v) is 8.33. The highest BCUT2D eigenvalue weighted by Gasteiger charge is 2.48. The zero-order valence-corrected chi connectivity index (χ0v) is 13.5. The molecule has 0 bridgehead atoms. The van der Waals surface area contributed by atoms with Crippen molar-refractivity contribution in [3.63, 3.8) is 0 Å². The van der Waals surface area contributed by atoms with Gasteiger partial charge < -0.3 is 15.3 Å². The summed E-state index contributed by atoms with van der Waals surface area (Å²) in [7, 11) is 0. The molecule has 1 spiro atoms. The fourth-order valence-electron chi connectivity index (χ4n) is 4.20. The van der Waals surface area contributed by atoms with E-state index in [2.05, 4.69) is 36.5 Å². The summed E-state index contributed by atoms with van der Waals surface area (Å²) in [5.41, 5.74) is 1.31. The Labute approximate surface area is 136 Å². The van der Waals surface area contributed by atoms with Crippen molar-refractivity contribution >= 4 is 12.0 Å². The lowest BCUT2D eigenvalue weighted by Gasteiger charge is -2.44. The minimum Gasteiger partial charge on any atom is -0.480 e. The maximum atomic E-state index is 12.0. The van der Waals surface area contributed by atoms with Crippen molar-refractivity contribution in [2.24, 2.45) is 0 Å². The number of nitrogens with zero attached hydrogens (tertiary/aromatic N) is 1. The molecule has 1 aromatic rings. The van der Waals surface area contributed by atoms with Gasteiger partial charge in [-0.05, 0) is 43.1 Å². The molecule has 2 N–H and O–H groups in total. The summed E-state index contributed by atoms with van der Waals surface area (Å²) in [5.74, 6) is -0.958. The first-order chi connectivity index (χ1) is 11.0. The van der Waals surface area contributed by atoms with Gasteiger partial charge in [0.1, 0.15) is 6.54 Å². The molecule has 2 amide bonds. The van der Waals surface area contributed by atoms with Crippen LogP contribution in [-0.2, 0) is 10.2 Å². The number of carbonyl (C=O) groups excluding carboxylic acids is 1. The van der Waals surface area contributed by atoms with E-state index in [0.717, 1.165) is 32.1 Å². The lowest BCUT2D eigenvalue weighted by Crippen LogP contribution is -2.49. The van der Waals surface area contributed by atoms with Gasteiger partial charge in [0.15, 0.2) is 0 Å². The number of benzene rings is 1. The maximum Gasteiger partial charge on any atom is 0.323 e. The molecule has 0 radical (unpaired) electrons. The predicted octanol–water partition coefficient (Wildman–Crippen LogP) is 2.76. The van der Waals surface area contributed by atoms with Crippen LogP contribution in [0.5, 0.6) is 0 Å². The topological polar surface area (TPSA) is 69.6 Å². The van der Waals surface area contributed by atoms with Crippen LogP contribution in [0.2, 0.25) is 0 Å². The van der Waals surface area contributed by atoms with Crippen LogP contribution < -0.4 is 5.32 Å². The van der Waals surface area contributed by atoms with Gasteiger partial charge in [-0.2, -0.15) is 0 Å². The van der Waals surface area contributed by atoms with Crippen LogP contribution in [0.1, 0.15) is 44.6 Å². The summed E-state index contributed by atoms with van der Waals surface area (Å²) < 4.78 is 0. The van der Waals surface area contributed by atoms with Crippen molar-refractivity contribution in [3.05, 3.63) is 35.9 Å². The van der Waals surface area contributed by atoms with Gasteiger partial charge in [0.2, 0.25) is 0 Å². The predicted molar refractivity (Wildman–Crippen MR) is 87.4 cm³/mol. The van der Waals surface area contributed by atoms with E-state index >= 15 is 0 Å². The number of aliphatic carboxylic acids is 1. The summed E-state index contributed by atoms with van der Waals surface area (Å²) in [4.78, 5) is 24.3. The van der Waals surface area contributed by atoms with E-state index in [4.69, 9.17) is 5.11 Å². The van der Waals surface area contributed by atoms with Gasteiger partial charge in [0.05, 0.1) is 5.54 Å². The SMILES string of the molecule is CCC1(c2ccccc2)CCC2(CC1)CN(CC(=O)O)C(=O)N2. The number of hydrogen-bond donors (Lipinski definition) is 2. The molecule has 0 aromatic heterocycles. The number of carboxylic acids is 1. The van der Waals surface area contributed by atoms with Gasteiger partial charge in [-0.15, -0.1) is 0 Å². The molecular formula is C18H24N2O3. The van der Waals surface area contributed by atoms with Crippen molar-refractivity contribution in [1.29, 1.82) is 0 Å². The third-order valence-electron chi connectivity index (χ3n) is 5.71. The average molecular weight is 316 g/mol. The molecule has 1 heterocycles. The second-order valence-corrected chi connectivity index (χ2v) is 6.96. The van der Waals surface area contributed by atoms with Crippen LogP contribution in [0.4, 0.5) is 4.79 Å². The molecule has 0 unspecified atom stereocenters. The lowest BCUT2D eigenvalue weighted by molar-refractivity contribution is -0.137. The molecule has 124 valence electrons. The molecule has 0 atom stereocenters. The summed E-state index contributed by atoms with van der Waals surface area (Å²) in [6.45, 7) is 2.52. The maximum absolute atomic E-state index is 12.0. The minimum absolute atomic E-state index is 0.178. The largest absolute Gasteiger partial charge is 0.480 e. The molecule has 1 saturated heterocycles. The third-order valence-corrected chi connectivity index (χ3v) is 5.71. The number of nitrogens with one attached hydrogen (secondary N) is 1. The molecule has 5 heteroatoms. The summed E-state index contributed by atoms with van der Waals surface area (Å²) in [6, 6.07) is 10.4. The van der Waals surface area contributed by atoms with E-state index in [9.17, 15) is 9.59 Å². The second-order valence-electron chi connectivity index (χ2n) is 6.96. The Morgan fingerprint density at radius 3 is 2.43 bits per heavy atom. The zero-order valence-electron chi connectivity index (χ0n) is 13.5. The Hall–Kier alpha value is -2.04. The molecule has 2 aliphatic rings. The van der Waals surface area contributed by atoms with E-state index in [0.29, 0.717) is 6.54 Å². The molecular weight excluding hydrogens is 292 g/mol. The number of rotatable bonds is 4. The van der Waals surface area contributed by atoms with Gasteiger partial charge in [0, 0.05) is 6.54 Å². The van der Waals surface area contributed by atoms with Gasteiger partial charge >= 0.3 is 12.0 Å². The summed E-state index contributed by atoms with van der Waals surface area (Å²) in [6.07, 6.45) is 4.93. The normalized spacial score (nSPS) is 30.5. The zero-order chi connectivity index (χ0) is 16.5. The minimum atomic E-state index is -0.958. The third kappa shape index (κ3) is 2.92. The van der Waals surface area contributed by atoms with Crippen LogP contribution in [0.25, 0.3) is 0 Å². The molecule has 5 nitrogen and oxygen atoms in total. The van der Waals surface area contributed by atoms with Gasteiger partial charge in [-0.3, -0.25) is 4.79 Å².